The van der Waals surface area contributed by atoms with Gasteiger partial charge in [-0.25, -0.2) is 4.98 Å². The molecule has 0 fully saturated rings. The lowest BCUT2D eigenvalue weighted by Crippen LogP contribution is -2.15. The van der Waals surface area contributed by atoms with Gasteiger partial charge in [0.05, 0.1) is 18.9 Å². The lowest BCUT2D eigenvalue weighted by Gasteiger charge is -2.10. The van der Waals surface area contributed by atoms with Crippen molar-refractivity contribution in [2.45, 2.75) is 12.2 Å². The van der Waals surface area contributed by atoms with Gasteiger partial charge < -0.3 is 14.4 Å². The minimum absolute atomic E-state index is 0. The number of para-hydroxylation sites is 1. The summed E-state index contributed by atoms with van der Waals surface area (Å²) in [5.74, 6) is 3.69. The van der Waals surface area contributed by atoms with Crippen LogP contribution in [0.3, 0.4) is 0 Å². The number of nitrogens with zero attached hydrogens (tertiary/aromatic N) is 2. The summed E-state index contributed by atoms with van der Waals surface area (Å²) < 4.78 is 11.5. The standard InChI is InChI=1S/C23H28N2O2S2.ClH/c1-25(2)13-6-14-26-22-11-9-19(10-12-22)23-24-20(18-29-23)17-28-16-15-27-21-7-4-3-5-8-21;/h3-5,7-12,18H,6,13-17H2,1-2H3;1H. The molecular formula is C23H29ClN2O2S2. The van der Waals surface area contributed by atoms with E-state index < -0.39 is 0 Å². The van der Waals surface area contributed by atoms with Crippen molar-refractivity contribution in [3.63, 3.8) is 0 Å². The van der Waals surface area contributed by atoms with Crippen molar-refractivity contribution in [3.05, 3.63) is 65.7 Å². The smallest absolute Gasteiger partial charge is 0.123 e. The number of thiazole rings is 1. The fraction of sp³-hybridized carbons (Fsp3) is 0.348. The van der Waals surface area contributed by atoms with Crippen LogP contribution >= 0.6 is 35.5 Å². The van der Waals surface area contributed by atoms with Crippen molar-refractivity contribution < 1.29 is 9.47 Å². The molecule has 0 spiro atoms. The first-order valence-electron chi connectivity index (χ1n) is 9.78. The molecule has 0 aliphatic heterocycles. The first-order valence-corrected chi connectivity index (χ1v) is 11.8. The third-order valence-corrected chi connectivity index (χ3v) is 6.06. The minimum atomic E-state index is 0. The Morgan fingerprint density at radius 2 is 1.63 bits per heavy atom. The van der Waals surface area contributed by atoms with Gasteiger partial charge >= 0.3 is 0 Å². The van der Waals surface area contributed by atoms with E-state index in [1.807, 2.05) is 54.2 Å². The van der Waals surface area contributed by atoms with Gasteiger partial charge in [0.15, 0.2) is 0 Å². The van der Waals surface area contributed by atoms with E-state index in [0.717, 1.165) is 58.8 Å². The average molecular weight is 465 g/mol. The van der Waals surface area contributed by atoms with Crippen LogP contribution in [0.15, 0.2) is 60.0 Å². The molecule has 0 N–H and O–H groups in total. The zero-order chi connectivity index (χ0) is 20.3. The maximum absolute atomic E-state index is 5.80. The predicted octanol–water partition coefficient (Wildman–Crippen LogP) is 5.87. The van der Waals surface area contributed by atoms with Crippen molar-refractivity contribution >= 4 is 35.5 Å². The van der Waals surface area contributed by atoms with E-state index in [2.05, 4.69) is 36.5 Å². The molecule has 1 heterocycles. The number of benzene rings is 2. The summed E-state index contributed by atoms with van der Waals surface area (Å²) >= 11 is 3.54. The van der Waals surface area contributed by atoms with Crippen molar-refractivity contribution in [1.82, 2.24) is 9.88 Å². The molecular weight excluding hydrogens is 436 g/mol. The fourth-order valence-electron chi connectivity index (χ4n) is 2.68. The minimum Gasteiger partial charge on any atom is -0.494 e. The van der Waals surface area contributed by atoms with Gasteiger partial charge in [0, 0.05) is 29.0 Å². The molecule has 4 nitrogen and oxygen atoms in total. The maximum Gasteiger partial charge on any atom is 0.123 e. The number of halogens is 1. The van der Waals surface area contributed by atoms with Crippen molar-refractivity contribution in [3.8, 4) is 22.1 Å². The third kappa shape index (κ3) is 8.56. The Morgan fingerprint density at radius 1 is 0.933 bits per heavy atom. The van der Waals surface area contributed by atoms with E-state index in [1.165, 1.54) is 0 Å². The molecule has 162 valence electrons. The highest BCUT2D eigenvalue weighted by Crippen LogP contribution is 2.27. The molecule has 0 amide bonds. The summed E-state index contributed by atoms with van der Waals surface area (Å²) in [6, 6.07) is 18.2. The SMILES string of the molecule is CN(C)CCCOc1ccc(-c2nc(CSCCOc3ccccc3)cs2)cc1.Cl. The molecule has 0 atom stereocenters. The summed E-state index contributed by atoms with van der Waals surface area (Å²) in [5.41, 5.74) is 2.26. The summed E-state index contributed by atoms with van der Waals surface area (Å²) in [4.78, 5) is 6.94. The Morgan fingerprint density at radius 3 is 2.37 bits per heavy atom. The topological polar surface area (TPSA) is 34.6 Å². The van der Waals surface area contributed by atoms with Gasteiger partial charge in [-0.05, 0) is 56.9 Å². The summed E-state index contributed by atoms with van der Waals surface area (Å²) in [5, 5.41) is 3.20. The molecule has 7 heteroatoms. The molecule has 0 saturated heterocycles. The maximum atomic E-state index is 5.80. The summed E-state index contributed by atoms with van der Waals surface area (Å²) in [6.45, 7) is 2.49. The molecule has 0 saturated carbocycles. The third-order valence-electron chi connectivity index (χ3n) is 4.16. The molecule has 0 bridgehead atoms. The summed E-state index contributed by atoms with van der Waals surface area (Å²) in [6.07, 6.45) is 1.03. The number of hydrogen-bond acceptors (Lipinski definition) is 6. The van der Waals surface area contributed by atoms with Crippen LogP contribution in [0, 0.1) is 0 Å². The molecule has 3 aromatic rings. The molecule has 0 radical (unpaired) electrons. The Balaban J connectivity index is 0.00000320. The van der Waals surface area contributed by atoms with Gasteiger partial charge in [-0.15, -0.1) is 23.7 Å². The second kappa shape index (κ2) is 13.5. The van der Waals surface area contributed by atoms with E-state index >= 15 is 0 Å². The van der Waals surface area contributed by atoms with Crippen LogP contribution in [0.2, 0.25) is 0 Å². The Labute approximate surface area is 194 Å². The lowest BCUT2D eigenvalue weighted by atomic mass is 10.2. The molecule has 3 rings (SSSR count). The van der Waals surface area contributed by atoms with Crippen LogP contribution in [-0.4, -0.2) is 49.5 Å². The largest absolute Gasteiger partial charge is 0.494 e. The highest BCUT2D eigenvalue weighted by Gasteiger charge is 2.06. The quantitative estimate of drug-likeness (QED) is 0.313. The average Bonchev–Trinajstić information content (AvgIpc) is 3.21. The van der Waals surface area contributed by atoms with E-state index in [0.29, 0.717) is 6.61 Å². The zero-order valence-electron chi connectivity index (χ0n) is 17.5. The number of aromatic nitrogens is 1. The van der Waals surface area contributed by atoms with Crippen LogP contribution in [0.25, 0.3) is 10.6 Å². The highest BCUT2D eigenvalue weighted by atomic mass is 35.5. The normalized spacial score (nSPS) is 10.6. The Kier molecular flexibility index (Phi) is 11.1. The van der Waals surface area contributed by atoms with Gasteiger partial charge in [-0.3, -0.25) is 0 Å². The van der Waals surface area contributed by atoms with Crippen LogP contribution in [0.4, 0.5) is 0 Å². The summed E-state index contributed by atoms with van der Waals surface area (Å²) in [7, 11) is 4.15. The van der Waals surface area contributed by atoms with Crippen LogP contribution in [0.5, 0.6) is 11.5 Å². The van der Waals surface area contributed by atoms with Crippen LogP contribution in [0.1, 0.15) is 12.1 Å². The van der Waals surface area contributed by atoms with Gasteiger partial charge in [0.2, 0.25) is 0 Å². The number of thioether (sulfide) groups is 1. The van der Waals surface area contributed by atoms with Gasteiger partial charge in [-0.1, -0.05) is 18.2 Å². The van der Waals surface area contributed by atoms with E-state index in [1.54, 1.807) is 11.3 Å². The van der Waals surface area contributed by atoms with Crippen LogP contribution < -0.4 is 9.47 Å². The Bertz CT molecular complexity index is 842. The Hall–Kier alpha value is -1.73. The molecule has 30 heavy (non-hydrogen) atoms. The predicted molar refractivity (Wildman–Crippen MR) is 132 cm³/mol. The van der Waals surface area contributed by atoms with E-state index in [-0.39, 0.29) is 12.4 Å². The number of hydrogen-bond donors (Lipinski definition) is 0. The molecule has 0 aliphatic carbocycles. The van der Waals surface area contributed by atoms with Crippen molar-refractivity contribution in [2.75, 3.05) is 39.6 Å². The fourth-order valence-corrected chi connectivity index (χ4v) is 4.32. The highest BCUT2D eigenvalue weighted by molar-refractivity contribution is 7.98. The number of ether oxygens (including phenoxy) is 2. The second-order valence-electron chi connectivity index (χ2n) is 6.89. The molecule has 0 aliphatic rings. The van der Waals surface area contributed by atoms with Gasteiger partial charge in [-0.2, -0.15) is 11.8 Å². The van der Waals surface area contributed by atoms with Gasteiger partial charge in [0.25, 0.3) is 0 Å². The molecule has 1 aromatic heterocycles. The van der Waals surface area contributed by atoms with E-state index in [4.69, 9.17) is 14.5 Å². The zero-order valence-corrected chi connectivity index (χ0v) is 19.9. The second-order valence-corrected chi connectivity index (χ2v) is 8.85. The van der Waals surface area contributed by atoms with Crippen LogP contribution in [-0.2, 0) is 5.75 Å². The first kappa shape index (κ1) is 24.5. The van der Waals surface area contributed by atoms with Gasteiger partial charge in [0.1, 0.15) is 16.5 Å². The van der Waals surface area contributed by atoms with E-state index in [9.17, 15) is 0 Å². The van der Waals surface area contributed by atoms with Crippen molar-refractivity contribution in [2.24, 2.45) is 0 Å². The number of rotatable bonds is 12. The first-order chi connectivity index (χ1) is 14.2. The molecule has 0 unspecified atom stereocenters. The molecule has 2 aromatic carbocycles. The monoisotopic (exact) mass is 464 g/mol. The lowest BCUT2D eigenvalue weighted by molar-refractivity contribution is 0.281. The van der Waals surface area contributed by atoms with Crippen molar-refractivity contribution in [1.29, 1.82) is 0 Å².